The maximum Gasteiger partial charge on any atom is 0.119 e. The number of methoxy groups -OCH3 is 10. The van der Waals surface area contributed by atoms with Crippen molar-refractivity contribution < 1.29 is 47.4 Å². The summed E-state index contributed by atoms with van der Waals surface area (Å²) in [5.41, 5.74) is 1.82. The van der Waals surface area contributed by atoms with Crippen LogP contribution in [0.2, 0.25) is 0 Å². The smallest absolute Gasteiger partial charge is 0.119 e. The topological polar surface area (TPSA) is 92.3 Å². The molecule has 0 aliphatic carbocycles. The number of ether oxygens (including phenoxy) is 10. The highest BCUT2D eigenvalue weighted by molar-refractivity contribution is 7.99. The zero-order valence-electron chi connectivity index (χ0n) is 47.4. The number of rotatable bonds is 12. The molecule has 8 aromatic carbocycles. The Hall–Kier alpha value is -7.63. The second-order valence-corrected chi connectivity index (χ2v) is 18.0. The second-order valence-electron chi connectivity index (χ2n) is 16.8. The van der Waals surface area contributed by atoms with Crippen LogP contribution in [-0.4, -0.2) is 71.1 Å². The van der Waals surface area contributed by atoms with Crippen LogP contribution in [0.4, 0.5) is 0 Å². The molecule has 0 aliphatic heterocycles. The molecule has 0 bridgehead atoms. The van der Waals surface area contributed by atoms with Gasteiger partial charge < -0.3 is 47.4 Å². The van der Waals surface area contributed by atoms with Crippen molar-refractivity contribution >= 4 is 22.5 Å². The van der Waals surface area contributed by atoms with Crippen LogP contribution in [0, 0.1) is 12.3 Å². The molecule has 0 saturated carbocycles. The average molecular weight is 1040 g/mol. The van der Waals surface area contributed by atoms with Gasteiger partial charge in [0, 0.05) is 9.79 Å². The predicted octanol–water partition coefficient (Wildman–Crippen LogP) is 16.9. The molecule has 0 atom stereocenters. The first kappa shape index (κ1) is 65.4. The van der Waals surface area contributed by atoms with Gasteiger partial charge in [0.15, 0.2) is 0 Å². The molecule has 10 nitrogen and oxygen atoms in total. The van der Waals surface area contributed by atoms with E-state index in [1.807, 2.05) is 190 Å². The van der Waals surface area contributed by atoms with Gasteiger partial charge in [0.25, 0.3) is 0 Å². The fraction of sp³-hybridized carbons (Fsp3) is 0.281. The number of aryl methyl sites for hydroxylation is 1. The summed E-state index contributed by atoms with van der Waals surface area (Å²) < 4.78 is 50.3. The lowest BCUT2D eigenvalue weighted by molar-refractivity contribution is 0.403. The van der Waals surface area contributed by atoms with Crippen molar-refractivity contribution in [2.45, 2.75) is 58.3 Å². The summed E-state index contributed by atoms with van der Waals surface area (Å²) in [7, 11) is 16.5. The molecule has 0 fully saturated rings. The Morgan fingerprint density at radius 1 is 0.267 bits per heavy atom. The van der Waals surface area contributed by atoms with E-state index in [1.165, 1.54) is 20.7 Å². The van der Waals surface area contributed by atoms with Crippen molar-refractivity contribution in [2.24, 2.45) is 5.41 Å². The van der Waals surface area contributed by atoms with Crippen molar-refractivity contribution in [3.05, 3.63) is 194 Å². The third-order valence-electron chi connectivity index (χ3n) is 9.44. The van der Waals surface area contributed by atoms with Gasteiger partial charge in [-0.1, -0.05) is 101 Å². The lowest BCUT2D eigenvalue weighted by atomic mass is 10.0. The fourth-order valence-electron chi connectivity index (χ4n) is 5.55. The van der Waals surface area contributed by atoms with Crippen LogP contribution in [0.1, 0.15) is 47.1 Å². The minimum absolute atomic E-state index is 0.500. The summed E-state index contributed by atoms with van der Waals surface area (Å²) in [4.78, 5) is 2.38. The van der Waals surface area contributed by atoms with Crippen molar-refractivity contribution in [1.29, 1.82) is 0 Å². The zero-order chi connectivity index (χ0) is 55.9. The molecule has 0 unspecified atom stereocenters. The summed E-state index contributed by atoms with van der Waals surface area (Å²) in [6.45, 7) is 14.8. The SMILES string of the molecule is CC.CC(C)(C)C.COc1ccc(OC)cc1.COc1ccc(OC)cc1.COc1ccc(OC)cc1.COc1ccc(Sc2ccc(OC)cc2)cc1.COc1ccc2ccc(OC)cc2c1.Cc1ccccc1. The number of hydrogen-bond donors (Lipinski definition) is 0. The lowest BCUT2D eigenvalue weighted by Crippen LogP contribution is -1.93. The van der Waals surface area contributed by atoms with Gasteiger partial charge in [-0.05, 0) is 169 Å². The Morgan fingerprint density at radius 3 is 0.653 bits per heavy atom. The van der Waals surface area contributed by atoms with Gasteiger partial charge >= 0.3 is 0 Å². The van der Waals surface area contributed by atoms with E-state index >= 15 is 0 Å². The summed E-state index contributed by atoms with van der Waals surface area (Å²) in [6, 6.07) is 60.6. The Bertz CT molecular complexity index is 2350. The van der Waals surface area contributed by atoms with Gasteiger partial charge in [-0.25, -0.2) is 0 Å². The summed E-state index contributed by atoms with van der Waals surface area (Å²) in [5, 5.41) is 2.32. The number of fused-ring (bicyclic) bond motifs is 1. The van der Waals surface area contributed by atoms with E-state index in [1.54, 1.807) is 82.9 Å². The normalized spacial score (nSPS) is 9.45. The molecule has 75 heavy (non-hydrogen) atoms. The van der Waals surface area contributed by atoms with E-state index in [0.29, 0.717) is 5.41 Å². The highest BCUT2D eigenvalue weighted by Gasteiger charge is 2.01. The second kappa shape index (κ2) is 38.9. The minimum atomic E-state index is 0.500. The van der Waals surface area contributed by atoms with E-state index < -0.39 is 0 Å². The average Bonchev–Trinajstić information content (AvgIpc) is 3.46. The highest BCUT2D eigenvalue weighted by Crippen LogP contribution is 2.30. The summed E-state index contributed by atoms with van der Waals surface area (Å²) in [6.07, 6.45) is 0. The largest absolute Gasteiger partial charge is 0.497 e. The Balaban J connectivity index is 0.000000447. The molecule has 0 radical (unpaired) electrons. The quantitative estimate of drug-likeness (QED) is 0.117. The number of hydrogen-bond acceptors (Lipinski definition) is 11. The molecular formula is C64H82O10S. The Labute approximate surface area is 453 Å². The van der Waals surface area contributed by atoms with E-state index in [0.717, 1.165) is 62.9 Å². The fourth-order valence-corrected chi connectivity index (χ4v) is 6.37. The maximum atomic E-state index is 5.15. The van der Waals surface area contributed by atoms with Crippen LogP contribution in [0.3, 0.4) is 0 Å². The van der Waals surface area contributed by atoms with Gasteiger partial charge in [-0.2, -0.15) is 0 Å². The monoisotopic (exact) mass is 1040 g/mol. The zero-order valence-corrected chi connectivity index (χ0v) is 48.2. The van der Waals surface area contributed by atoms with Gasteiger partial charge in [-0.3, -0.25) is 0 Å². The van der Waals surface area contributed by atoms with Crippen LogP contribution >= 0.6 is 11.8 Å². The van der Waals surface area contributed by atoms with Gasteiger partial charge in [-0.15, -0.1) is 0 Å². The first-order valence-corrected chi connectivity index (χ1v) is 25.1. The molecule has 0 amide bonds. The molecule has 8 aromatic rings. The first-order valence-electron chi connectivity index (χ1n) is 24.3. The molecule has 0 aliphatic rings. The molecule has 8 rings (SSSR count). The third kappa shape index (κ3) is 29.6. The van der Waals surface area contributed by atoms with Crippen LogP contribution in [0.25, 0.3) is 10.8 Å². The van der Waals surface area contributed by atoms with Crippen LogP contribution < -0.4 is 47.4 Å². The van der Waals surface area contributed by atoms with Crippen molar-refractivity contribution in [1.82, 2.24) is 0 Å². The van der Waals surface area contributed by atoms with Crippen molar-refractivity contribution in [2.75, 3.05) is 71.1 Å². The standard InChI is InChI=1S/C14H14O2S.C12H12O2.3C8H10O2.C7H8.C5H12.C2H6/c1-15-11-3-7-13(8-4-11)17-14-9-5-12(16-2)6-10-14;1-13-11-5-3-9-4-6-12(14-2)8-10(9)7-11;3*1-9-7-3-5-8(10-2)6-4-7;1-7-5-3-2-4-6-7;1-5(2,3)4;1-2/h3-10H,1-2H3;3-8H,1-2H3;3*3-6H,1-2H3;2-6H,1H3;1-4H3;1-2H3. The molecule has 0 aromatic heterocycles. The van der Waals surface area contributed by atoms with Gasteiger partial charge in [0.1, 0.15) is 57.5 Å². The Kier molecular flexibility index (Phi) is 33.9. The maximum absolute atomic E-state index is 5.15. The van der Waals surface area contributed by atoms with Crippen molar-refractivity contribution in [3.63, 3.8) is 0 Å². The lowest BCUT2D eigenvalue weighted by Gasteiger charge is -2.05. The molecule has 404 valence electrons. The molecule has 0 N–H and O–H groups in total. The van der Waals surface area contributed by atoms with Gasteiger partial charge in [0.05, 0.1) is 71.1 Å². The van der Waals surface area contributed by atoms with E-state index in [2.05, 4.69) is 46.8 Å². The number of benzene rings is 8. The molecule has 0 heterocycles. The van der Waals surface area contributed by atoms with E-state index in [4.69, 9.17) is 47.4 Å². The third-order valence-corrected chi connectivity index (χ3v) is 10.5. The molecular weight excluding hydrogens is 961 g/mol. The Morgan fingerprint density at radius 2 is 0.467 bits per heavy atom. The first-order chi connectivity index (χ1) is 36.1. The van der Waals surface area contributed by atoms with Crippen LogP contribution in [0.5, 0.6) is 57.5 Å². The summed E-state index contributed by atoms with van der Waals surface area (Å²) >= 11 is 1.71. The van der Waals surface area contributed by atoms with Crippen molar-refractivity contribution in [3.8, 4) is 57.5 Å². The molecule has 0 saturated heterocycles. The van der Waals surface area contributed by atoms with E-state index in [9.17, 15) is 0 Å². The molecule has 11 heteroatoms. The summed E-state index contributed by atoms with van der Waals surface area (Å²) in [5.74, 6) is 8.58. The minimum Gasteiger partial charge on any atom is -0.497 e. The van der Waals surface area contributed by atoms with E-state index in [-0.39, 0.29) is 0 Å². The van der Waals surface area contributed by atoms with Crippen LogP contribution in [0.15, 0.2) is 198 Å². The predicted molar refractivity (Wildman–Crippen MR) is 313 cm³/mol. The molecule has 0 spiro atoms. The van der Waals surface area contributed by atoms with Gasteiger partial charge in [0.2, 0.25) is 0 Å². The highest BCUT2D eigenvalue weighted by atomic mass is 32.2. The van der Waals surface area contributed by atoms with Crippen LogP contribution in [-0.2, 0) is 0 Å².